The molecule has 4 nitrogen and oxygen atoms in total. The number of methoxy groups -OCH3 is 2. The maximum atomic E-state index is 11.5. The zero-order valence-electron chi connectivity index (χ0n) is 18.1. The summed E-state index contributed by atoms with van der Waals surface area (Å²) >= 11 is 0. The van der Waals surface area contributed by atoms with Crippen molar-refractivity contribution >= 4 is 6.08 Å². The van der Waals surface area contributed by atoms with E-state index in [9.17, 15) is 5.11 Å². The summed E-state index contributed by atoms with van der Waals surface area (Å²) < 4.78 is 11.0. The summed E-state index contributed by atoms with van der Waals surface area (Å²) in [5, 5.41) is 11.5. The second-order valence-corrected chi connectivity index (χ2v) is 8.57. The van der Waals surface area contributed by atoms with Crippen molar-refractivity contribution in [2.24, 2.45) is 5.92 Å². The lowest BCUT2D eigenvalue weighted by Crippen LogP contribution is -2.54. The predicted octanol–water partition coefficient (Wildman–Crippen LogP) is 5.09. The number of rotatable bonds is 6. The van der Waals surface area contributed by atoms with Crippen LogP contribution in [0.5, 0.6) is 11.5 Å². The lowest BCUT2D eigenvalue weighted by molar-refractivity contribution is -0.122. The molecule has 3 atom stereocenters. The van der Waals surface area contributed by atoms with Crippen molar-refractivity contribution in [3.8, 4) is 11.5 Å². The van der Waals surface area contributed by atoms with Crippen LogP contribution in [-0.4, -0.2) is 42.9 Å². The second kappa shape index (κ2) is 9.23. The molecule has 2 aromatic carbocycles. The molecule has 1 saturated carbocycles. The summed E-state index contributed by atoms with van der Waals surface area (Å²) in [6, 6.07) is 16.8. The molecule has 2 fully saturated rings. The molecule has 0 aromatic heterocycles. The number of likely N-dealkylation sites (tertiary alicyclic amines) is 1. The molecule has 4 rings (SSSR count). The third-order valence-electron chi connectivity index (χ3n) is 6.87. The van der Waals surface area contributed by atoms with E-state index in [-0.39, 0.29) is 12.0 Å². The number of piperidine rings is 1. The number of benzene rings is 2. The molecule has 1 N–H and O–H groups in total. The van der Waals surface area contributed by atoms with Crippen molar-refractivity contribution in [2.45, 2.75) is 43.7 Å². The Bertz CT molecular complexity index is 866. The first kappa shape index (κ1) is 21.0. The number of nitrogens with zero attached hydrogens (tertiary/aromatic N) is 1. The van der Waals surface area contributed by atoms with Crippen molar-refractivity contribution in [3.05, 3.63) is 65.7 Å². The Morgan fingerprint density at radius 1 is 1.03 bits per heavy atom. The van der Waals surface area contributed by atoms with Crippen LogP contribution in [0.15, 0.2) is 54.6 Å². The van der Waals surface area contributed by atoms with Crippen molar-refractivity contribution in [2.75, 3.05) is 27.3 Å². The zero-order chi connectivity index (χ0) is 21.0. The SMILES string of the molecule is COc1ccc([C@H]2[C@H]3CCCC[C@]3(O)CCN2CC=Cc2ccccc2)cc1OC. The van der Waals surface area contributed by atoms with Gasteiger partial charge in [0.25, 0.3) is 0 Å². The molecule has 0 radical (unpaired) electrons. The fraction of sp³-hybridized carbons (Fsp3) is 0.462. The van der Waals surface area contributed by atoms with E-state index in [0.717, 1.165) is 50.3 Å². The minimum Gasteiger partial charge on any atom is -0.493 e. The van der Waals surface area contributed by atoms with Crippen molar-refractivity contribution in [1.82, 2.24) is 4.90 Å². The van der Waals surface area contributed by atoms with E-state index in [1.807, 2.05) is 12.1 Å². The Morgan fingerprint density at radius 3 is 2.60 bits per heavy atom. The van der Waals surface area contributed by atoms with Gasteiger partial charge in [-0.1, -0.05) is 61.4 Å². The molecular formula is C26H33NO3. The van der Waals surface area contributed by atoms with Crippen LogP contribution in [0.3, 0.4) is 0 Å². The largest absolute Gasteiger partial charge is 0.493 e. The van der Waals surface area contributed by atoms with Crippen LogP contribution >= 0.6 is 0 Å². The Hall–Kier alpha value is -2.30. The van der Waals surface area contributed by atoms with Gasteiger partial charge < -0.3 is 14.6 Å². The summed E-state index contributed by atoms with van der Waals surface area (Å²) in [7, 11) is 3.35. The smallest absolute Gasteiger partial charge is 0.161 e. The molecular weight excluding hydrogens is 374 g/mol. The third kappa shape index (κ3) is 4.26. The van der Waals surface area contributed by atoms with Crippen LogP contribution in [0.4, 0.5) is 0 Å². The van der Waals surface area contributed by atoms with Gasteiger partial charge in [0.15, 0.2) is 11.5 Å². The molecule has 1 aliphatic carbocycles. The van der Waals surface area contributed by atoms with Gasteiger partial charge in [-0.3, -0.25) is 4.90 Å². The van der Waals surface area contributed by atoms with Gasteiger partial charge in [0.2, 0.25) is 0 Å². The van der Waals surface area contributed by atoms with Crippen LogP contribution in [0.1, 0.15) is 49.3 Å². The molecule has 1 aliphatic heterocycles. The highest BCUT2D eigenvalue weighted by atomic mass is 16.5. The third-order valence-corrected chi connectivity index (χ3v) is 6.87. The molecule has 0 bridgehead atoms. The van der Waals surface area contributed by atoms with Crippen LogP contribution < -0.4 is 9.47 Å². The minimum atomic E-state index is -0.560. The number of ether oxygens (including phenoxy) is 2. The quantitative estimate of drug-likeness (QED) is 0.725. The molecule has 0 unspecified atom stereocenters. The number of hydrogen-bond acceptors (Lipinski definition) is 4. The highest BCUT2D eigenvalue weighted by Crippen LogP contribution is 2.50. The second-order valence-electron chi connectivity index (χ2n) is 8.57. The van der Waals surface area contributed by atoms with E-state index in [0.29, 0.717) is 0 Å². The van der Waals surface area contributed by atoms with Crippen molar-refractivity contribution < 1.29 is 14.6 Å². The van der Waals surface area contributed by atoms with E-state index < -0.39 is 5.60 Å². The van der Waals surface area contributed by atoms with Gasteiger partial charge >= 0.3 is 0 Å². The first-order valence-electron chi connectivity index (χ1n) is 11.0. The van der Waals surface area contributed by atoms with Crippen LogP contribution in [0, 0.1) is 5.92 Å². The normalized spacial score (nSPS) is 27.0. The number of fused-ring (bicyclic) bond motifs is 1. The number of aliphatic hydroxyl groups is 1. The van der Waals surface area contributed by atoms with E-state index >= 15 is 0 Å². The molecule has 160 valence electrons. The standard InChI is InChI=1S/C26H33NO3/c1-29-23-14-13-21(19-24(23)30-2)25-22-12-6-7-15-26(22,28)16-18-27(25)17-8-11-20-9-4-3-5-10-20/h3-5,8-11,13-14,19,22,25,28H,6-7,12,15-18H2,1-2H3/t22-,25+,26+/m1/s1. The molecule has 2 aliphatic rings. The van der Waals surface area contributed by atoms with Gasteiger partial charge in [-0.2, -0.15) is 0 Å². The predicted molar refractivity (Wildman–Crippen MR) is 121 cm³/mol. The van der Waals surface area contributed by atoms with E-state index in [4.69, 9.17) is 9.47 Å². The summed E-state index contributed by atoms with van der Waals surface area (Å²) in [6.07, 6.45) is 9.57. The van der Waals surface area contributed by atoms with Gasteiger partial charge in [0.1, 0.15) is 0 Å². The maximum absolute atomic E-state index is 11.5. The lowest BCUT2D eigenvalue weighted by Gasteiger charge is -2.52. The Morgan fingerprint density at radius 2 is 1.83 bits per heavy atom. The topological polar surface area (TPSA) is 41.9 Å². The van der Waals surface area contributed by atoms with Crippen molar-refractivity contribution in [1.29, 1.82) is 0 Å². The van der Waals surface area contributed by atoms with E-state index in [1.54, 1.807) is 14.2 Å². The Kier molecular flexibility index (Phi) is 6.45. The minimum absolute atomic E-state index is 0.171. The maximum Gasteiger partial charge on any atom is 0.161 e. The van der Waals surface area contributed by atoms with Gasteiger partial charge in [0, 0.05) is 25.0 Å². The van der Waals surface area contributed by atoms with Crippen LogP contribution in [0.25, 0.3) is 6.08 Å². The van der Waals surface area contributed by atoms with Crippen molar-refractivity contribution in [3.63, 3.8) is 0 Å². The summed E-state index contributed by atoms with van der Waals surface area (Å²) in [4.78, 5) is 2.52. The molecule has 0 amide bonds. The Balaban J connectivity index is 1.64. The van der Waals surface area contributed by atoms with Gasteiger partial charge in [0.05, 0.1) is 19.8 Å². The molecule has 2 aromatic rings. The molecule has 4 heteroatoms. The fourth-order valence-electron chi connectivity index (χ4n) is 5.32. The van der Waals surface area contributed by atoms with Crippen LogP contribution in [-0.2, 0) is 0 Å². The average molecular weight is 408 g/mol. The highest BCUT2D eigenvalue weighted by molar-refractivity contribution is 5.49. The first-order chi connectivity index (χ1) is 14.6. The summed E-state index contributed by atoms with van der Waals surface area (Å²) in [6.45, 7) is 1.76. The van der Waals surface area contributed by atoms with Crippen LogP contribution in [0.2, 0.25) is 0 Å². The van der Waals surface area contributed by atoms with Gasteiger partial charge in [-0.15, -0.1) is 0 Å². The highest BCUT2D eigenvalue weighted by Gasteiger charge is 2.48. The summed E-state index contributed by atoms with van der Waals surface area (Å²) in [5.74, 6) is 1.73. The molecule has 30 heavy (non-hydrogen) atoms. The Labute approximate surface area is 180 Å². The molecule has 1 heterocycles. The van der Waals surface area contributed by atoms with E-state index in [2.05, 4.69) is 53.5 Å². The lowest BCUT2D eigenvalue weighted by atomic mass is 9.66. The average Bonchev–Trinajstić information content (AvgIpc) is 2.79. The zero-order valence-corrected chi connectivity index (χ0v) is 18.1. The monoisotopic (exact) mass is 407 g/mol. The van der Waals surface area contributed by atoms with Gasteiger partial charge in [-0.25, -0.2) is 0 Å². The molecule has 1 saturated heterocycles. The molecule has 0 spiro atoms. The number of hydrogen-bond donors (Lipinski definition) is 1. The first-order valence-corrected chi connectivity index (χ1v) is 11.0. The van der Waals surface area contributed by atoms with Gasteiger partial charge in [-0.05, 0) is 42.5 Å². The summed E-state index contributed by atoms with van der Waals surface area (Å²) in [5.41, 5.74) is 1.85. The van der Waals surface area contributed by atoms with E-state index in [1.165, 1.54) is 17.5 Å². The fourth-order valence-corrected chi connectivity index (χ4v) is 5.32.